The van der Waals surface area contributed by atoms with Crippen LogP contribution in [0.3, 0.4) is 0 Å². The predicted octanol–water partition coefficient (Wildman–Crippen LogP) is 2.47. The van der Waals surface area contributed by atoms with E-state index >= 15 is 0 Å². The van der Waals surface area contributed by atoms with Crippen molar-refractivity contribution in [3.8, 4) is 0 Å². The van der Waals surface area contributed by atoms with Crippen LogP contribution in [0.2, 0.25) is 0 Å². The molecule has 0 radical (unpaired) electrons. The highest BCUT2D eigenvalue weighted by molar-refractivity contribution is 5.17. The number of aliphatic hydroxyl groups excluding tert-OH is 1. The first-order chi connectivity index (χ1) is 9.16. The molecule has 1 aliphatic heterocycles. The van der Waals surface area contributed by atoms with E-state index in [1.54, 1.807) is 0 Å². The molecular formula is C16H25NO2. The number of rotatable bonds is 5. The summed E-state index contributed by atoms with van der Waals surface area (Å²) in [6, 6.07) is 10.3. The monoisotopic (exact) mass is 263 g/mol. The predicted molar refractivity (Wildman–Crippen MR) is 77.0 cm³/mol. The molecule has 0 saturated carbocycles. The second kappa shape index (κ2) is 7.04. The van der Waals surface area contributed by atoms with Gasteiger partial charge in [0.05, 0.1) is 19.3 Å². The van der Waals surface area contributed by atoms with Crippen molar-refractivity contribution in [1.82, 2.24) is 4.90 Å². The third-order valence-corrected chi connectivity index (χ3v) is 3.68. The number of benzene rings is 1. The first kappa shape index (κ1) is 14.5. The Morgan fingerprint density at radius 1 is 1.32 bits per heavy atom. The van der Waals surface area contributed by atoms with Crippen LogP contribution in [0, 0.1) is 5.92 Å². The molecule has 19 heavy (non-hydrogen) atoms. The van der Waals surface area contributed by atoms with Crippen LogP contribution in [0.15, 0.2) is 30.3 Å². The summed E-state index contributed by atoms with van der Waals surface area (Å²) in [7, 11) is 0. The highest BCUT2D eigenvalue weighted by Crippen LogP contribution is 2.20. The number of hydrogen-bond donors (Lipinski definition) is 1. The molecule has 2 unspecified atom stereocenters. The lowest BCUT2D eigenvalue weighted by molar-refractivity contribution is -0.0329. The first-order valence-electron chi connectivity index (χ1n) is 7.21. The highest BCUT2D eigenvalue weighted by Gasteiger charge is 2.25. The van der Waals surface area contributed by atoms with Gasteiger partial charge in [-0.1, -0.05) is 44.2 Å². The van der Waals surface area contributed by atoms with Gasteiger partial charge in [-0.15, -0.1) is 0 Å². The summed E-state index contributed by atoms with van der Waals surface area (Å²) in [5.74, 6) is 0.656. The largest absolute Gasteiger partial charge is 0.387 e. The van der Waals surface area contributed by atoms with Gasteiger partial charge in [-0.05, 0) is 17.9 Å². The fourth-order valence-corrected chi connectivity index (χ4v) is 2.69. The third kappa shape index (κ3) is 4.30. The molecule has 1 N–H and O–H groups in total. The summed E-state index contributed by atoms with van der Waals surface area (Å²) < 4.78 is 5.58. The van der Waals surface area contributed by atoms with E-state index in [-0.39, 0.29) is 0 Å². The summed E-state index contributed by atoms with van der Waals surface area (Å²) in [6.07, 6.45) is 0.718. The van der Waals surface area contributed by atoms with Gasteiger partial charge in [-0.3, -0.25) is 4.90 Å². The van der Waals surface area contributed by atoms with Gasteiger partial charge in [-0.2, -0.15) is 0 Å². The summed E-state index contributed by atoms with van der Waals surface area (Å²) >= 11 is 0. The zero-order chi connectivity index (χ0) is 13.7. The Balaban J connectivity index is 1.95. The minimum Gasteiger partial charge on any atom is -0.387 e. The van der Waals surface area contributed by atoms with Crippen LogP contribution in [-0.4, -0.2) is 42.4 Å². The Hall–Kier alpha value is -0.900. The standard InChI is InChI=1S/C16H25NO2/c1-13(2)10-15-12-19-9-8-17(15)11-16(18)14-6-4-3-5-7-14/h3-7,13,15-16,18H,8-12H2,1-2H3. The minimum absolute atomic E-state index is 0.408. The van der Waals surface area contributed by atoms with E-state index in [1.165, 1.54) is 0 Å². The Bertz CT molecular complexity index is 366. The zero-order valence-corrected chi connectivity index (χ0v) is 12.0. The molecule has 0 spiro atoms. The van der Waals surface area contributed by atoms with Crippen molar-refractivity contribution in [3.63, 3.8) is 0 Å². The molecule has 1 saturated heterocycles. The van der Waals surface area contributed by atoms with E-state index in [2.05, 4.69) is 18.7 Å². The van der Waals surface area contributed by atoms with Gasteiger partial charge in [0.15, 0.2) is 0 Å². The number of β-amino-alcohol motifs (C(OH)–C–C–N with tert-alkyl or cyclic N) is 1. The second-order valence-corrected chi connectivity index (χ2v) is 5.78. The number of nitrogens with zero attached hydrogens (tertiary/aromatic N) is 1. The average Bonchev–Trinajstić information content (AvgIpc) is 2.41. The molecule has 0 aromatic heterocycles. The van der Waals surface area contributed by atoms with Crippen molar-refractivity contribution in [2.75, 3.05) is 26.3 Å². The molecule has 0 bridgehead atoms. The molecule has 1 heterocycles. The van der Waals surface area contributed by atoms with Crippen molar-refractivity contribution in [2.24, 2.45) is 5.92 Å². The van der Waals surface area contributed by atoms with Crippen LogP contribution in [0.25, 0.3) is 0 Å². The lowest BCUT2D eigenvalue weighted by atomic mass is 10.0. The minimum atomic E-state index is -0.408. The summed E-state index contributed by atoms with van der Waals surface area (Å²) in [5.41, 5.74) is 0.997. The number of hydrogen-bond acceptors (Lipinski definition) is 3. The van der Waals surface area contributed by atoms with Gasteiger partial charge >= 0.3 is 0 Å². The summed E-state index contributed by atoms with van der Waals surface area (Å²) in [6.45, 7) is 7.66. The lowest BCUT2D eigenvalue weighted by Gasteiger charge is -2.37. The van der Waals surface area contributed by atoms with Crippen molar-refractivity contribution in [2.45, 2.75) is 32.4 Å². The molecule has 1 aromatic rings. The fraction of sp³-hybridized carbons (Fsp3) is 0.625. The topological polar surface area (TPSA) is 32.7 Å². The highest BCUT2D eigenvalue weighted by atomic mass is 16.5. The zero-order valence-electron chi connectivity index (χ0n) is 12.0. The molecule has 1 aliphatic rings. The van der Waals surface area contributed by atoms with Gasteiger partial charge in [0, 0.05) is 19.1 Å². The number of aliphatic hydroxyl groups is 1. The second-order valence-electron chi connectivity index (χ2n) is 5.78. The molecule has 2 atom stereocenters. The maximum absolute atomic E-state index is 10.3. The van der Waals surface area contributed by atoms with Crippen LogP contribution in [-0.2, 0) is 4.74 Å². The Labute approximate surface area is 116 Å². The molecule has 1 fully saturated rings. The van der Waals surface area contributed by atoms with Gasteiger partial charge in [0.25, 0.3) is 0 Å². The van der Waals surface area contributed by atoms with Crippen LogP contribution in [0.5, 0.6) is 0 Å². The maximum Gasteiger partial charge on any atom is 0.0917 e. The van der Waals surface area contributed by atoms with Gasteiger partial charge < -0.3 is 9.84 Å². The third-order valence-electron chi connectivity index (χ3n) is 3.68. The van der Waals surface area contributed by atoms with E-state index in [9.17, 15) is 5.11 Å². The quantitative estimate of drug-likeness (QED) is 0.886. The molecule has 2 rings (SSSR count). The van der Waals surface area contributed by atoms with Gasteiger partial charge in [0.2, 0.25) is 0 Å². The van der Waals surface area contributed by atoms with Crippen molar-refractivity contribution < 1.29 is 9.84 Å². The van der Waals surface area contributed by atoms with E-state index in [0.29, 0.717) is 18.5 Å². The number of morpholine rings is 1. The molecule has 0 aliphatic carbocycles. The summed E-state index contributed by atoms with van der Waals surface area (Å²) in [5, 5.41) is 10.3. The molecule has 1 aromatic carbocycles. The van der Waals surface area contributed by atoms with Gasteiger partial charge in [-0.25, -0.2) is 0 Å². The lowest BCUT2D eigenvalue weighted by Crippen LogP contribution is -2.47. The van der Waals surface area contributed by atoms with Crippen molar-refractivity contribution in [1.29, 1.82) is 0 Å². The first-order valence-corrected chi connectivity index (χ1v) is 7.21. The smallest absolute Gasteiger partial charge is 0.0917 e. The van der Waals surface area contributed by atoms with E-state index in [1.807, 2.05) is 30.3 Å². The van der Waals surface area contributed by atoms with Crippen LogP contribution in [0.4, 0.5) is 0 Å². The molecule has 0 amide bonds. The molecule has 106 valence electrons. The normalized spacial score (nSPS) is 22.6. The van der Waals surface area contributed by atoms with E-state index < -0.39 is 6.10 Å². The van der Waals surface area contributed by atoms with Crippen molar-refractivity contribution >= 4 is 0 Å². The Kier molecular flexibility index (Phi) is 5.37. The van der Waals surface area contributed by atoms with Gasteiger partial charge in [0.1, 0.15) is 0 Å². The molecule has 3 nitrogen and oxygen atoms in total. The fourth-order valence-electron chi connectivity index (χ4n) is 2.69. The van der Waals surface area contributed by atoms with Crippen molar-refractivity contribution in [3.05, 3.63) is 35.9 Å². The Morgan fingerprint density at radius 3 is 2.74 bits per heavy atom. The summed E-state index contributed by atoms with van der Waals surface area (Å²) in [4.78, 5) is 2.38. The number of ether oxygens (including phenoxy) is 1. The maximum atomic E-state index is 10.3. The van der Waals surface area contributed by atoms with Crippen LogP contribution in [0.1, 0.15) is 31.9 Å². The average molecular weight is 263 g/mol. The molecular weight excluding hydrogens is 238 g/mol. The van der Waals surface area contributed by atoms with E-state index in [0.717, 1.165) is 31.7 Å². The molecule has 3 heteroatoms. The van der Waals surface area contributed by atoms with Crippen LogP contribution < -0.4 is 0 Å². The van der Waals surface area contributed by atoms with E-state index in [4.69, 9.17) is 4.74 Å². The van der Waals surface area contributed by atoms with Crippen LogP contribution >= 0.6 is 0 Å². The Morgan fingerprint density at radius 2 is 2.05 bits per heavy atom. The SMILES string of the molecule is CC(C)CC1COCCN1CC(O)c1ccccc1.